The second-order valence-corrected chi connectivity index (χ2v) is 4.88. The minimum atomic E-state index is 0.546. The monoisotopic (exact) mass is 220 g/mol. The summed E-state index contributed by atoms with van der Waals surface area (Å²) in [6.45, 7) is 7.49. The molecule has 1 aromatic rings. The van der Waals surface area contributed by atoms with Crippen molar-refractivity contribution in [3.05, 3.63) is 11.9 Å². The maximum absolute atomic E-state index is 5.77. The molecule has 1 aromatic heterocycles. The summed E-state index contributed by atoms with van der Waals surface area (Å²) in [5, 5.41) is 0. The van der Waals surface area contributed by atoms with Crippen LogP contribution in [0.2, 0.25) is 0 Å². The highest BCUT2D eigenvalue weighted by atomic mass is 15.2. The molecule has 2 N–H and O–H groups in total. The second kappa shape index (κ2) is 4.28. The number of nitrogens with zero attached hydrogens (tertiary/aromatic N) is 3. The van der Waals surface area contributed by atoms with Gasteiger partial charge in [-0.15, -0.1) is 0 Å². The molecule has 2 rings (SSSR count). The van der Waals surface area contributed by atoms with Gasteiger partial charge in [0.05, 0.1) is 0 Å². The zero-order valence-electron chi connectivity index (χ0n) is 10.3. The van der Waals surface area contributed by atoms with Crippen molar-refractivity contribution in [1.29, 1.82) is 0 Å². The first-order valence-electron chi connectivity index (χ1n) is 5.94. The van der Waals surface area contributed by atoms with Crippen LogP contribution in [0.25, 0.3) is 0 Å². The molecule has 1 saturated heterocycles. The van der Waals surface area contributed by atoms with Gasteiger partial charge in [0.15, 0.2) is 0 Å². The Hall–Kier alpha value is -1.32. The summed E-state index contributed by atoms with van der Waals surface area (Å²) in [6, 6.07) is 2.42. The maximum Gasteiger partial charge on any atom is 0.134 e. The van der Waals surface area contributed by atoms with Gasteiger partial charge in [-0.2, -0.15) is 0 Å². The zero-order chi connectivity index (χ0) is 11.7. The number of nitrogens with two attached hydrogens (primary N) is 1. The molecule has 2 unspecified atom stereocenters. The van der Waals surface area contributed by atoms with Crippen LogP contribution >= 0.6 is 0 Å². The summed E-state index contributed by atoms with van der Waals surface area (Å²) >= 11 is 0. The lowest BCUT2D eigenvalue weighted by molar-refractivity contribution is 0.388. The van der Waals surface area contributed by atoms with E-state index < -0.39 is 0 Å². The van der Waals surface area contributed by atoms with Crippen LogP contribution in [-0.4, -0.2) is 22.6 Å². The molecule has 0 aliphatic carbocycles. The standard InChI is InChI=1S/C12H20N4/c1-8-4-5-9(2)16(7-8)12-6-11(13)14-10(3)15-12/h6,8-9H,4-5,7H2,1-3H3,(H2,13,14,15). The van der Waals surface area contributed by atoms with Crippen LogP contribution in [-0.2, 0) is 0 Å². The molecule has 0 radical (unpaired) electrons. The molecule has 88 valence electrons. The van der Waals surface area contributed by atoms with E-state index >= 15 is 0 Å². The molecule has 0 bridgehead atoms. The number of hydrogen-bond donors (Lipinski definition) is 1. The van der Waals surface area contributed by atoms with Gasteiger partial charge in [-0.25, -0.2) is 9.97 Å². The van der Waals surface area contributed by atoms with E-state index in [0.717, 1.165) is 24.1 Å². The third-order valence-electron chi connectivity index (χ3n) is 3.26. The maximum atomic E-state index is 5.77. The zero-order valence-corrected chi connectivity index (χ0v) is 10.3. The topological polar surface area (TPSA) is 55.0 Å². The minimum absolute atomic E-state index is 0.546. The van der Waals surface area contributed by atoms with Crippen LogP contribution in [0, 0.1) is 12.8 Å². The number of aryl methyl sites for hydroxylation is 1. The first-order valence-corrected chi connectivity index (χ1v) is 5.94. The van der Waals surface area contributed by atoms with Crippen LogP contribution in [0.1, 0.15) is 32.5 Å². The number of anilines is 2. The average Bonchev–Trinajstić information content (AvgIpc) is 2.20. The first kappa shape index (κ1) is 11.2. The van der Waals surface area contributed by atoms with Gasteiger partial charge in [0.2, 0.25) is 0 Å². The van der Waals surface area contributed by atoms with Crippen molar-refractivity contribution in [2.45, 2.75) is 39.7 Å². The first-order chi connectivity index (χ1) is 7.56. The molecule has 0 amide bonds. The van der Waals surface area contributed by atoms with E-state index in [1.807, 2.05) is 13.0 Å². The fraction of sp³-hybridized carbons (Fsp3) is 0.667. The Balaban J connectivity index is 2.27. The highest BCUT2D eigenvalue weighted by molar-refractivity contribution is 5.48. The minimum Gasteiger partial charge on any atom is -0.384 e. The molecule has 2 atom stereocenters. The predicted molar refractivity (Wildman–Crippen MR) is 66.4 cm³/mol. The molecule has 0 aromatic carbocycles. The Morgan fingerprint density at radius 1 is 1.31 bits per heavy atom. The average molecular weight is 220 g/mol. The Bertz CT molecular complexity index is 357. The molecule has 0 spiro atoms. The molecule has 4 nitrogen and oxygen atoms in total. The van der Waals surface area contributed by atoms with Gasteiger partial charge >= 0.3 is 0 Å². The smallest absolute Gasteiger partial charge is 0.134 e. The van der Waals surface area contributed by atoms with E-state index in [0.29, 0.717) is 11.9 Å². The largest absolute Gasteiger partial charge is 0.384 e. The van der Waals surface area contributed by atoms with E-state index in [-0.39, 0.29) is 0 Å². The van der Waals surface area contributed by atoms with Crippen molar-refractivity contribution < 1.29 is 0 Å². The molecule has 4 heteroatoms. The fourth-order valence-electron chi connectivity index (χ4n) is 2.33. The molecule has 16 heavy (non-hydrogen) atoms. The van der Waals surface area contributed by atoms with Gasteiger partial charge in [0, 0.05) is 18.7 Å². The van der Waals surface area contributed by atoms with E-state index in [2.05, 4.69) is 28.7 Å². The van der Waals surface area contributed by atoms with Crippen LogP contribution in [0.5, 0.6) is 0 Å². The summed E-state index contributed by atoms with van der Waals surface area (Å²) in [5.41, 5.74) is 5.77. The Labute approximate surface area is 96.9 Å². The Kier molecular flexibility index (Phi) is 2.99. The highest BCUT2D eigenvalue weighted by Gasteiger charge is 2.24. The molecule has 2 heterocycles. The van der Waals surface area contributed by atoms with Crippen LogP contribution in [0.15, 0.2) is 6.07 Å². The fourth-order valence-corrected chi connectivity index (χ4v) is 2.33. The summed E-state index contributed by atoms with van der Waals surface area (Å²) in [7, 11) is 0. The highest BCUT2D eigenvalue weighted by Crippen LogP contribution is 2.26. The Morgan fingerprint density at radius 2 is 2.06 bits per heavy atom. The van der Waals surface area contributed by atoms with E-state index in [1.165, 1.54) is 12.8 Å². The lowest BCUT2D eigenvalue weighted by Crippen LogP contribution is -2.41. The van der Waals surface area contributed by atoms with Crippen LogP contribution in [0.4, 0.5) is 11.6 Å². The van der Waals surface area contributed by atoms with Gasteiger partial charge in [-0.3, -0.25) is 0 Å². The third-order valence-corrected chi connectivity index (χ3v) is 3.26. The third kappa shape index (κ3) is 2.26. The van der Waals surface area contributed by atoms with Gasteiger partial charge in [-0.1, -0.05) is 6.92 Å². The number of piperidine rings is 1. The summed E-state index contributed by atoms with van der Waals surface area (Å²) < 4.78 is 0. The summed E-state index contributed by atoms with van der Waals surface area (Å²) in [5.74, 6) is 3.02. The molecule has 0 saturated carbocycles. The van der Waals surface area contributed by atoms with Crippen molar-refractivity contribution in [2.75, 3.05) is 17.2 Å². The molecular formula is C12H20N4. The Morgan fingerprint density at radius 3 is 2.75 bits per heavy atom. The van der Waals surface area contributed by atoms with Gasteiger partial charge in [0.1, 0.15) is 17.5 Å². The predicted octanol–water partition coefficient (Wildman–Crippen LogP) is 1.99. The quantitative estimate of drug-likeness (QED) is 0.786. The van der Waals surface area contributed by atoms with Crippen molar-refractivity contribution in [1.82, 2.24) is 9.97 Å². The molecule has 1 aliphatic heterocycles. The molecule has 1 fully saturated rings. The summed E-state index contributed by atoms with van der Waals surface area (Å²) in [4.78, 5) is 10.9. The van der Waals surface area contributed by atoms with Crippen molar-refractivity contribution in [3.63, 3.8) is 0 Å². The van der Waals surface area contributed by atoms with Gasteiger partial charge in [0.25, 0.3) is 0 Å². The van der Waals surface area contributed by atoms with E-state index in [4.69, 9.17) is 5.73 Å². The SMILES string of the molecule is Cc1nc(N)cc(N2CC(C)CCC2C)n1. The van der Waals surface area contributed by atoms with Crippen molar-refractivity contribution in [3.8, 4) is 0 Å². The number of aromatic nitrogens is 2. The lowest BCUT2D eigenvalue weighted by Gasteiger charge is -2.37. The van der Waals surface area contributed by atoms with Crippen LogP contribution < -0.4 is 10.6 Å². The normalized spacial score (nSPS) is 25.8. The van der Waals surface area contributed by atoms with E-state index in [9.17, 15) is 0 Å². The summed E-state index contributed by atoms with van der Waals surface area (Å²) in [6.07, 6.45) is 2.53. The molecular weight excluding hydrogens is 200 g/mol. The number of rotatable bonds is 1. The van der Waals surface area contributed by atoms with Gasteiger partial charge < -0.3 is 10.6 Å². The van der Waals surface area contributed by atoms with Crippen LogP contribution in [0.3, 0.4) is 0 Å². The number of nitrogen functional groups attached to an aromatic ring is 1. The molecule has 1 aliphatic rings. The van der Waals surface area contributed by atoms with Gasteiger partial charge in [-0.05, 0) is 32.6 Å². The van der Waals surface area contributed by atoms with E-state index in [1.54, 1.807) is 0 Å². The second-order valence-electron chi connectivity index (χ2n) is 4.88. The number of hydrogen-bond acceptors (Lipinski definition) is 4. The van der Waals surface area contributed by atoms with Crippen molar-refractivity contribution in [2.24, 2.45) is 5.92 Å². The lowest BCUT2D eigenvalue weighted by atomic mass is 9.95. The van der Waals surface area contributed by atoms with Crippen molar-refractivity contribution >= 4 is 11.6 Å².